The lowest BCUT2D eigenvalue weighted by Gasteiger charge is -2.28. The molecule has 2 fully saturated rings. The third-order valence-corrected chi connectivity index (χ3v) is 6.56. The van der Waals surface area contributed by atoms with E-state index in [0.29, 0.717) is 48.3 Å². The van der Waals surface area contributed by atoms with Crippen LogP contribution in [0.2, 0.25) is 0 Å². The highest BCUT2D eigenvalue weighted by molar-refractivity contribution is 5.87. The molecule has 12 nitrogen and oxygen atoms in total. The Hall–Kier alpha value is -4.32. The molecule has 4 aromatic rings. The van der Waals surface area contributed by atoms with Crippen molar-refractivity contribution < 1.29 is 9.53 Å². The van der Waals surface area contributed by atoms with Crippen LogP contribution < -0.4 is 15.5 Å². The Morgan fingerprint density at radius 3 is 2.57 bits per heavy atom. The molecule has 6 rings (SSSR count). The van der Waals surface area contributed by atoms with E-state index < -0.39 is 0 Å². The van der Waals surface area contributed by atoms with Crippen LogP contribution in [0.5, 0.6) is 0 Å². The molecule has 2 aliphatic heterocycles. The standard InChI is InChI=1S/C25H28N10O2/c36-21-2-1-9-34(21)10-11-35-17-28-22-23(31-25(32-24(22)35)30-20-16-26-7-8-27-20)29-18-3-5-19(6-4-18)33-12-14-37-15-13-33/h3-8,16-17H,1-2,9-15H2,(H2,27,29,30,31,32). The number of carbonyl (C=O) groups excluding carboxylic acids is 1. The highest BCUT2D eigenvalue weighted by atomic mass is 16.5. The zero-order valence-electron chi connectivity index (χ0n) is 20.4. The predicted molar refractivity (Wildman–Crippen MR) is 139 cm³/mol. The van der Waals surface area contributed by atoms with Crippen LogP contribution >= 0.6 is 0 Å². The number of fused-ring (bicyclic) bond motifs is 1. The van der Waals surface area contributed by atoms with Crippen molar-refractivity contribution >= 4 is 46.0 Å². The van der Waals surface area contributed by atoms with Crippen molar-refractivity contribution in [3.63, 3.8) is 0 Å². The lowest BCUT2D eigenvalue weighted by Crippen LogP contribution is -2.36. The van der Waals surface area contributed by atoms with E-state index in [1.165, 1.54) is 0 Å². The average Bonchev–Trinajstić information content (AvgIpc) is 3.54. The SMILES string of the molecule is O=C1CCCN1CCn1cnc2c(Nc3ccc(N4CCOCC4)cc3)nc(Nc3cnccn3)nc21. The maximum atomic E-state index is 12.1. The molecule has 3 aromatic heterocycles. The molecule has 1 aromatic carbocycles. The summed E-state index contributed by atoms with van der Waals surface area (Å²) in [5.74, 6) is 1.69. The number of carbonyl (C=O) groups is 1. The first-order chi connectivity index (χ1) is 18.2. The van der Waals surface area contributed by atoms with Gasteiger partial charge in [-0.05, 0) is 30.7 Å². The smallest absolute Gasteiger partial charge is 0.232 e. The van der Waals surface area contributed by atoms with Crippen molar-refractivity contribution in [3.05, 3.63) is 49.2 Å². The van der Waals surface area contributed by atoms with Crippen LogP contribution in [-0.4, -0.2) is 79.7 Å². The van der Waals surface area contributed by atoms with Crippen molar-refractivity contribution in [2.75, 3.05) is 54.9 Å². The van der Waals surface area contributed by atoms with Crippen molar-refractivity contribution in [1.29, 1.82) is 0 Å². The van der Waals surface area contributed by atoms with Gasteiger partial charge in [0.2, 0.25) is 11.9 Å². The Balaban J connectivity index is 1.28. The summed E-state index contributed by atoms with van der Waals surface area (Å²) in [6.45, 7) is 5.27. The second-order valence-corrected chi connectivity index (χ2v) is 8.98. The van der Waals surface area contributed by atoms with E-state index in [1.807, 2.05) is 21.6 Å². The van der Waals surface area contributed by atoms with E-state index in [-0.39, 0.29) is 5.91 Å². The number of imidazole rings is 1. The molecular formula is C25H28N10O2. The molecule has 0 atom stereocenters. The van der Waals surface area contributed by atoms with E-state index in [2.05, 4.69) is 42.6 Å². The maximum Gasteiger partial charge on any atom is 0.232 e. The normalized spacial score (nSPS) is 15.9. The molecule has 5 heterocycles. The average molecular weight is 501 g/mol. The zero-order chi connectivity index (χ0) is 25.0. The molecule has 2 aliphatic rings. The molecule has 1 amide bonds. The molecule has 37 heavy (non-hydrogen) atoms. The van der Waals surface area contributed by atoms with Crippen molar-refractivity contribution in [2.45, 2.75) is 19.4 Å². The molecule has 0 saturated carbocycles. The number of hydrogen-bond acceptors (Lipinski definition) is 10. The van der Waals surface area contributed by atoms with Gasteiger partial charge in [0.15, 0.2) is 22.8 Å². The number of nitrogens with one attached hydrogen (secondary N) is 2. The van der Waals surface area contributed by atoms with Crippen LogP contribution in [0.4, 0.5) is 29.0 Å². The summed E-state index contributed by atoms with van der Waals surface area (Å²) in [5.41, 5.74) is 3.36. The van der Waals surface area contributed by atoms with Gasteiger partial charge < -0.3 is 29.7 Å². The second-order valence-electron chi connectivity index (χ2n) is 8.98. The Morgan fingerprint density at radius 2 is 1.81 bits per heavy atom. The minimum atomic E-state index is 0.201. The van der Waals surface area contributed by atoms with Crippen LogP contribution in [0.3, 0.4) is 0 Å². The molecule has 0 aliphatic carbocycles. The van der Waals surface area contributed by atoms with Gasteiger partial charge in [-0.1, -0.05) is 0 Å². The van der Waals surface area contributed by atoms with Crippen molar-refractivity contribution in [2.24, 2.45) is 0 Å². The molecule has 0 spiro atoms. The van der Waals surface area contributed by atoms with Crippen molar-refractivity contribution in [3.8, 4) is 0 Å². The third kappa shape index (κ3) is 5.14. The quantitative estimate of drug-likeness (QED) is 0.373. The van der Waals surface area contributed by atoms with Gasteiger partial charge in [0.25, 0.3) is 0 Å². The Bertz CT molecular complexity index is 1370. The number of aromatic nitrogens is 6. The van der Waals surface area contributed by atoms with Gasteiger partial charge in [-0.3, -0.25) is 9.78 Å². The summed E-state index contributed by atoms with van der Waals surface area (Å²) in [5, 5.41) is 6.55. The highest BCUT2D eigenvalue weighted by Gasteiger charge is 2.21. The van der Waals surface area contributed by atoms with Gasteiger partial charge >= 0.3 is 0 Å². The fourth-order valence-corrected chi connectivity index (χ4v) is 4.61. The van der Waals surface area contributed by atoms with Gasteiger partial charge in [-0.2, -0.15) is 9.97 Å². The number of ether oxygens (including phenoxy) is 1. The summed E-state index contributed by atoms with van der Waals surface area (Å²) in [6.07, 6.45) is 8.11. The maximum absolute atomic E-state index is 12.1. The molecule has 2 saturated heterocycles. The number of morpholine rings is 1. The van der Waals surface area contributed by atoms with E-state index >= 15 is 0 Å². The highest BCUT2D eigenvalue weighted by Crippen LogP contribution is 2.27. The largest absolute Gasteiger partial charge is 0.378 e. The summed E-state index contributed by atoms with van der Waals surface area (Å²) in [7, 11) is 0. The van der Waals surface area contributed by atoms with Gasteiger partial charge in [-0.25, -0.2) is 9.97 Å². The molecule has 2 N–H and O–H groups in total. The van der Waals surface area contributed by atoms with Crippen LogP contribution in [0.1, 0.15) is 12.8 Å². The number of benzene rings is 1. The first-order valence-corrected chi connectivity index (χ1v) is 12.5. The van der Waals surface area contributed by atoms with Gasteiger partial charge in [0.05, 0.1) is 25.7 Å². The molecule has 190 valence electrons. The second kappa shape index (κ2) is 10.3. The first-order valence-electron chi connectivity index (χ1n) is 12.5. The van der Waals surface area contributed by atoms with E-state index in [4.69, 9.17) is 14.7 Å². The topological polar surface area (TPSA) is 126 Å². The van der Waals surface area contributed by atoms with E-state index in [9.17, 15) is 4.79 Å². The lowest BCUT2D eigenvalue weighted by molar-refractivity contribution is -0.127. The predicted octanol–water partition coefficient (Wildman–Crippen LogP) is 2.56. The monoisotopic (exact) mass is 500 g/mol. The first kappa shape index (κ1) is 23.1. The van der Waals surface area contributed by atoms with Gasteiger partial charge in [-0.15, -0.1) is 0 Å². The Labute approximate surface area is 213 Å². The number of likely N-dealkylation sites (tertiary alicyclic amines) is 1. The molecular weight excluding hydrogens is 472 g/mol. The third-order valence-electron chi connectivity index (χ3n) is 6.56. The minimum Gasteiger partial charge on any atom is -0.378 e. The van der Waals surface area contributed by atoms with Gasteiger partial charge in [0, 0.05) is 62.9 Å². The Kier molecular flexibility index (Phi) is 6.46. The van der Waals surface area contributed by atoms with Gasteiger partial charge in [0.1, 0.15) is 0 Å². The number of anilines is 5. The summed E-state index contributed by atoms with van der Waals surface area (Å²) >= 11 is 0. The fraction of sp³-hybridized carbons (Fsp3) is 0.360. The Morgan fingerprint density at radius 1 is 0.946 bits per heavy atom. The molecule has 0 radical (unpaired) electrons. The van der Waals surface area contributed by atoms with Crippen LogP contribution in [0, 0.1) is 0 Å². The number of rotatable bonds is 8. The van der Waals surface area contributed by atoms with E-state index in [0.717, 1.165) is 50.6 Å². The number of nitrogens with zero attached hydrogens (tertiary/aromatic N) is 8. The molecule has 0 bridgehead atoms. The molecule has 0 unspecified atom stereocenters. The summed E-state index contributed by atoms with van der Waals surface area (Å²) in [4.78, 5) is 38.7. The molecule has 12 heteroatoms. The van der Waals surface area contributed by atoms with Crippen LogP contribution in [0.15, 0.2) is 49.2 Å². The lowest BCUT2D eigenvalue weighted by atomic mass is 10.2. The number of hydrogen-bond donors (Lipinski definition) is 2. The zero-order valence-corrected chi connectivity index (χ0v) is 20.4. The summed E-state index contributed by atoms with van der Waals surface area (Å²) in [6, 6.07) is 8.25. The summed E-state index contributed by atoms with van der Waals surface area (Å²) < 4.78 is 7.42. The fourth-order valence-electron chi connectivity index (χ4n) is 4.61. The van der Waals surface area contributed by atoms with Crippen LogP contribution in [0.25, 0.3) is 11.2 Å². The van der Waals surface area contributed by atoms with Crippen LogP contribution in [-0.2, 0) is 16.1 Å². The van der Waals surface area contributed by atoms with Crippen molar-refractivity contribution in [1.82, 2.24) is 34.4 Å². The minimum absolute atomic E-state index is 0.201. The van der Waals surface area contributed by atoms with E-state index in [1.54, 1.807) is 24.9 Å². The number of amides is 1.